The van der Waals surface area contributed by atoms with Crippen LogP contribution in [0.25, 0.3) is 17.0 Å². The fraction of sp³-hybridized carbons (Fsp3) is 0.316. The van der Waals surface area contributed by atoms with E-state index in [4.69, 9.17) is 5.73 Å². The number of para-hydroxylation sites is 1. The molecule has 1 aromatic carbocycles. The third-order valence-electron chi connectivity index (χ3n) is 4.44. The molecule has 0 radical (unpaired) electrons. The molecule has 5 nitrogen and oxygen atoms in total. The van der Waals surface area contributed by atoms with Crippen LogP contribution in [0.4, 0.5) is 0 Å². The summed E-state index contributed by atoms with van der Waals surface area (Å²) in [6.45, 7) is -0.0262. The second-order valence-corrected chi connectivity index (χ2v) is 6.13. The number of hydrogen-bond donors (Lipinski definition) is 1. The molecule has 1 heterocycles. The molecule has 0 bridgehead atoms. The van der Waals surface area contributed by atoms with Gasteiger partial charge >= 0.3 is 0 Å². The first kappa shape index (κ1) is 16.2. The maximum absolute atomic E-state index is 12.6. The maximum Gasteiger partial charge on any atom is 0.247 e. The molecule has 0 aliphatic heterocycles. The average molecular weight is 323 g/mol. The zero-order valence-electron chi connectivity index (χ0n) is 13.5. The summed E-state index contributed by atoms with van der Waals surface area (Å²) in [5, 5.41) is 1.02. The van der Waals surface area contributed by atoms with Crippen molar-refractivity contribution in [3.05, 3.63) is 48.2 Å². The third kappa shape index (κ3) is 3.62. The monoisotopic (exact) mass is 323 g/mol. The highest BCUT2D eigenvalue weighted by molar-refractivity contribution is 5.97. The second-order valence-electron chi connectivity index (χ2n) is 6.13. The largest absolute Gasteiger partial charge is 0.368 e. The fourth-order valence-electron chi connectivity index (χ4n) is 3.29. The zero-order chi connectivity index (χ0) is 16.9. The van der Waals surface area contributed by atoms with Crippen molar-refractivity contribution < 1.29 is 9.59 Å². The number of nitrogens with two attached hydrogens (primary N) is 1. The highest BCUT2D eigenvalue weighted by atomic mass is 16.2. The van der Waals surface area contributed by atoms with E-state index in [1.54, 1.807) is 17.2 Å². The van der Waals surface area contributed by atoms with Crippen LogP contribution < -0.4 is 5.73 Å². The summed E-state index contributed by atoms with van der Waals surface area (Å²) in [5.74, 6) is -0.649. The Morgan fingerprint density at radius 3 is 2.71 bits per heavy atom. The van der Waals surface area contributed by atoms with E-state index < -0.39 is 5.91 Å². The number of benzene rings is 1. The van der Waals surface area contributed by atoms with Gasteiger partial charge < -0.3 is 10.6 Å². The fourth-order valence-corrected chi connectivity index (χ4v) is 3.29. The minimum Gasteiger partial charge on any atom is -0.368 e. The van der Waals surface area contributed by atoms with E-state index in [0.717, 1.165) is 42.1 Å². The Morgan fingerprint density at radius 1 is 1.21 bits per heavy atom. The van der Waals surface area contributed by atoms with Crippen LogP contribution in [-0.2, 0) is 9.59 Å². The molecule has 1 aliphatic rings. The summed E-state index contributed by atoms with van der Waals surface area (Å²) in [7, 11) is 0. The lowest BCUT2D eigenvalue weighted by molar-refractivity contribution is -0.133. The standard InChI is InChI=1S/C19H21N3O2/c20-17(23)13-22(16-8-1-2-9-16)18(24)11-10-15-6-3-5-14-7-4-12-21-19(14)15/h3-7,10-12,16H,1-2,8-9,13H2,(H2,20,23)/b11-10+. The summed E-state index contributed by atoms with van der Waals surface area (Å²) in [6.07, 6.45) is 9.06. The minimum absolute atomic E-state index is 0.0262. The lowest BCUT2D eigenvalue weighted by Gasteiger charge is -2.26. The van der Waals surface area contributed by atoms with Gasteiger partial charge in [-0.1, -0.05) is 37.1 Å². The zero-order valence-corrected chi connectivity index (χ0v) is 13.5. The van der Waals surface area contributed by atoms with Crippen molar-refractivity contribution in [2.75, 3.05) is 6.54 Å². The van der Waals surface area contributed by atoms with Gasteiger partial charge in [-0.25, -0.2) is 0 Å². The molecule has 1 aromatic heterocycles. The average Bonchev–Trinajstić information content (AvgIpc) is 3.11. The molecule has 2 aromatic rings. The van der Waals surface area contributed by atoms with Crippen molar-refractivity contribution in [2.24, 2.45) is 5.73 Å². The lowest BCUT2D eigenvalue weighted by atomic mass is 10.1. The molecule has 24 heavy (non-hydrogen) atoms. The Labute approximate surface area is 141 Å². The van der Waals surface area contributed by atoms with Gasteiger partial charge in [-0.2, -0.15) is 0 Å². The van der Waals surface area contributed by atoms with Crippen LogP contribution in [-0.4, -0.2) is 34.3 Å². The van der Waals surface area contributed by atoms with Gasteiger partial charge in [-0.05, 0) is 25.0 Å². The van der Waals surface area contributed by atoms with E-state index in [9.17, 15) is 9.59 Å². The topological polar surface area (TPSA) is 76.3 Å². The normalized spacial score (nSPS) is 15.2. The molecule has 2 amide bonds. The molecule has 0 atom stereocenters. The lowest BCUT2D eigenvalue weighted by Crippen LogP contribution is -2.43. The van der Waals surface area contributed by atoms with Gasteiger partial charge in [0.25, 0.3) is 0 Å². The molecule has 0 spiro atoms. The maximum atomic E-state index is 12.6. The van der Waals surface area contributed by atoms with Crippen molar-refractivity contribution in [1.29, 1.82) is 0 Å². The minimum atomic E-state index is -0.476. The first-order valence-corrected chi connectivity index (χ1v) is 8.26. The Kier molecular flexibility index (Phi) is 4.89. The van der Waals surface area contributed by atoms with E-state index in [1.165, 1.54) is 6.08 Å². The molecule has 0 unspecified atom stereocenters. The molecular weight excluding hydrogens is 302 g/mol. The molecule has 2 N–H and O–H groups in total. The first-order valence-electron chi connectivity index (χ1n) is 8.26. The summed E-state index contributed by atoms with van der Waals surface area (Å²) >= 11 is 0. The third-order valence-corrected chi connectivity index (χ3v) is 4.44. The first-order chi connectivity index (χ1) is 11.6. The van der Waals surface area contributed by atoms with E-state index in [1.807, 2.05) is 30.3 Å². The molecule has 1 saturated carbocycles. The van der Waals surface area contributed by atoms with E-state index in [0.29, 0.717) is 0 Å². The van der Waals surface area contributed by atoms with Gasteiger partial charge in [0.15, 0.2) is 0 Å². The second kappa shape index (κ2) is 7.25. The number of aromatic nitrogens is 1. The van der Waals surface area contributed by atoms with Gasteiger partial charge in [0.05, 0.1) is 12.1 Å². The van der Waals surface area contributed by atoms with Crippen molar-refractivity contribution in [2.45, 2.75) is 31.7 Å². The summed E-state index contributed by atoms with van der Waals surface area (Å²) in [5.41, 5.74) is 7.05. The van der Waals surface area contributed by atoms with Gasteiger partial charge in [-0.3, -0.25) is 14.6 Å². The number of rotatable bonds is 5. The predicted octanol–water partition coefficient (Wildman–Crippen LogP) is 2.50. The number of carbonyl (C=O) groups excluding carboxylic acids is 2. The predicted molar refractivity (Wildman–Crippen MR) is 93.9 cm³/mol. The molecule has 3 rings (SSSR count). The van der Waals surface area contributed by atoms with Gasteiger partial charge in [0, 0.05) is 29.3 Å². The van der Waals surface area contributed by atoms with Gasteiger partial charge in [0.2, 0.25) is 11.8 Å². The van der Waals surface area contributed by atoms with E-state index in [-0.39, 0.29) is 18.5 Å². The Balaban J connectivity index is 1.82. The number of primary amides is 1. The molecule has 124 valence electrons. The van der Waals surface area contributed by atoms with Gasteiger partial charge in [0.1, 0.15) is 0 Å². The number of fused-ring (bicyclic) bond motifs is 1. The number of carbonyl (C=O) groups is 2. The smallest absolute Gasteiger partial charge is 0.247 e. The molecule has 1 fully saturated rings. The number of amides is 2. The summed E-state index contributed by atoms with van der Waals surface area (Å²) in [6, 6.07) is 9.83. The van der Waals surface area contributed by atoms with Crippen LogP contribution in [0.3, 0.4) is 0 Å². The van der Waals surface area contributed by atoms with Crippen LogP contribution in [0, 0.1) is 0 Å². The number of pyridine rings is 1. The quantitative estimate of drug-likeness (QED) is 0.859. The van der Waals surface area contributed by atoms with Crippen molar-refractivity contribution >= 4 is 28.8 Å². The SMILES string of the molecule is NC(=O)CN(C(=O)/C=C/c1cccc2cccnc12)C1CCCC1. The van der Waals surface area contributed by atoms with Crippen LogP contribution in [0.2, 0.25) is 0 Å². The molecule has 5 heteroatoms. The van der Waals surface area contributed by atoms with E-state index in [2.05, 4.69) is 4.98 Å². The van der Waals surface area contributed by atoms with Crippen molar-refractivity contribution in [1.82, 2.24) is 9.88 Å². The Bertz CT molecular complexity index is 774. The Hall–Kier alpha value is -2.69. The van der Waals surface area contributed by atoms with Crippen LogP contribution in [0.15, 0.2) is 42.6 Å². The summed E-state index contributed by atoms with van der Waals surface area (Å²) in [4.78, 5) is 29.9. The Morgan fingerprint density at radius 2 is 1.96 bits per heavy atom. The van der Waals surface area contributed by atoms with Gasteiger partial charge in [-0.15, -0.1) is 0 Å². The molecular formula is C19H21N3O2. The van der Waals surface area contributed by atoms with Crippen LogP contribution in [0.1, 0.15) is 31.2 Å². The van der Waals surface area contributed by atoms with E-state index >= 15 is 0 Å². The van der Waals surface area contributed by atoms with Crippen LogP contribution in [0.5, 0.6) is 0 Å². The number of nitrogens with zero attached hydrogens (tertiary/aromatic N) is 2. The highest BCUT2D eigenvalue weighted by Gasteiger charge is 2.26. The molecule has 1 aliphatic carbocycles. The summed E-state index contributed by atoms with van der Waals surface area (Å²) < 4.78 is 0. The highest BCUT2D eigenvalue weighted by Crippen LogP contribution is 2.24. The molecule has 0 saturated heterocycles. The number of hydrogen-bond acceptors (Lipinski definition) is 3. The van der Waals surface area contributed by atoms with Crippen molar-refractivity contribution in [3.8, 4) is 0 Å². The van der Waals surface area contributed by atoms with Crippen LogP contribution >= 0.6 is 0 Å². The van der Waals surface area contributed by atoms with Crippen molar-refractivity contribution in [3.63, 3.8) is 0 Å².